The third-order valence-electron chi connectivity index (χ3n) is 3.05. The Hall–Kier alpha value is -0.420. The van der Waals surface area contributed by atoms with E-state index in [0.29, 0.717) is 6.10 Å². The lowest BCUT2D eigenvalue weighted by molar-refractivity contribution is 0.0316. The summed E-state index contributed by atoms with van der Waals surface area (Å²) in [6.45, 7) is 4.25. The Morgan fingerprint density at radius 1 is 1.60 bits per heavy atom. The molecule has 2 heterocycles. The molecule has 15 heavy (non-hydrogen) atoms. The summed E-state index contributed by atoms with van der Waals surface area (Å²) in [5, 5.41) is 2.10. The normalized spacial score (nSPS) is 28.2. The van der Waals surface area contributed by atoms with Crippen LogP contribution in [0.1, 0.15) is 36.2 Å². The molecule has 84 valence electrons. The van der Waals surface area contributed by atoms with Crippen LogP contribution in [-0.2, 0) is 4.74 Å². The van der Waals surface area contributed by atoms with Crippen molar-refractivity contribution in [3.05, 3.63) is 21.9 Å². The van der Waals surface area contributed by atoms with Crippen LogP contribution in [-0.4, -0.2) is 12.2 Å². The van der Waals surface area contributed by atoms with E-state index in [1.54, 1.807) is 11.3 Å². The first-order valence-corrected chi connectivity index (χ1v) is 6.26. The Morgan fingerprint density at radius 2 is 2.40 bits per heavy atom. The minimum atomic E-state index is 0.140. The predicted molar refractivity (Wildman–Crippen MR) is 62.7 cm³/mol. The van der Waals surface area contributed by atoms with Crippen LogP contribution >= 0.6 is 11.3 Å². The molecule has 2 rings (SSSR count). The molecule has 0 radical (unpaired) electrons. The Kier molecular flexibility index (Phi) is 3.41. The molecule has 3 atom stereocenters. The summed E-state index contributed by atoms with van der Waals surface area (Å²) in [7, 11) is 0. The summed E-state index contributed by atoms with van der Waals surface area (Å²) >= 11 is 1.76. The average Bonchev–Trinajstić information content (AvgIpc) is 2.79. The van der Waals surface area contributed by atoms with Gasteiger partial charge in [-0.3, -0.25) is 11.3 Å². The highest BCUT2D eigenvalue weighted by atomic mass is 32.1. The maximum absolute atomic E-state index is 5.86. The molecule has 1 aliphatic rings. The molecular formula is C11H18N2OS. The van der Waals surface area contributed by atoms with Gasteiger partial charge < -0.3 is 4.74 Å². The minimum absolute atomic E-state index is 0.140. The smallest absolute Gasteiger partial charge is 0.0787 e. The monoisotopic (exact) mass is 226 g/mol. The van der Waals surface area contributed by atoms with Gasteiger partial charge in [-0.05, 0) is 43.7 Å². The number of hydrazine groups is 1. The summed E-state index contributed by atoms with van der Waals surface area (Å²) in [6.07, 6.45) is 2.81. The van der Waals surface area contributed by atoms with Gasteiger partial charge >= 0.3 is 0 Å². The van der Waals surface area contributed by atoms with E-state index in [1.165, 1.54) is 10.4 Å². The number of rotatable bonds is 3. The molecule has 0 bridgehead atoms. The number of thiophene rings is 1. The minimum Gasteiger partial charge on any atom is -0.373 e. The van der Waals surface area contributed by atoms with E-state index < -0.39 is 0 Å². The van der Waals surface area contributed by atoms with Crippen LogP contribution in [0.2, 0.25) is 0 Å². The van der Waals surface area contributed by atoms with Crippen LogP contribution in [0.5, 0.6) is 0 Å². The molecular weight excluding hydrogens is 208 g/mol. The molecule has 3 N–H and O–H groups in total. The van der Waals surface area contributed by atoms with Crippen LogP contribution in [0.25, 0.3) is 0 Å². The molecule has 0 amide bonds. The van der Waals surface area contributed by atoms with E-state index in [0.717, 1.165) is 12.8 Å². The number of aryl methyl sites for hydroxylation is 1. The number of nitrogens with one attached hydrogen (secondary N) is 1. The Balaban J connectivity index is 2.14. The molecule has 0 spiro atoms. The van der Waals surface area contributed by atoms with Crippen molar-refractivity contribution in [3.63, 3.8) is 0 Å². The van der Waals surface area contributed by atoms with E-state index in [4.69, 9.17) is 10.6 Å². The van der Waals surface area contributed by atoms with Crippen molar-refractivity contribution in [1.29, 1.82) is 0 Å². The third-order valence-corrected chi connectivity index (χ3v) is 3.91. The van der Waals surface area contributed by atoms with Crippen molar-refractivity contribution in [2.24, 2.45) is 5.84 Å². The zero-order valence-corrected chi connectivity index (χ0v) is 10.0. The summed E-state index contributed by atoms with van der Waals surface area (Å²) in [5.74, 6) is 5.63. The first-order chi connectivity index (χ1) is 7.22. The van der Waals surface area contributed by atoms with Gasteiger partial charge in [-0.1, -0.05) is 0 Å². The largest absolute Gasteiger partial charge is 0.373 e. The molecule has 1 saturated heterocycles. The average molecular weight is 226 g/mol. The zero-order chi connectivity index (χ0) is 10.8. The standard InChI is InChI=1S/C11H18N2OS/c1-7-3-4-10(14-7)11(13-12)9-5-6-15-8(9)2/h5-7,10-11,13H,3-4,12H2,1-2H3. The molecule has 1 aromatic rings. The lowest BCUT2D eigenvalue weighted by atomic mass is 10.0. The van der Waals surface area contributed by atoms with Crippen LogP contribution in [0, 0.1) is 6.92 Å². The topological polar surface area (TPSA) is 47.3 Å². The van der Waals surface area contributed by atoms with Gasteiger partial charge in [-0.2, -0.15) is 0 Å². The summed E-state index contributed by atoms with van der Waals surface area (Å²) in [6, 6.07) is 2.28. The van der Waals surface area contributed by atoms with Crippen molar-refractivity contribution in [3.8, 4) is 0 Å². The first kappa shape index (κ1) is 11.1. The maximum atomic E-state index is 5.86. The molecule has 4 heteroatoms. The first-order valence-electron chi connectivity index (χ1n) is 5.38. The van der Waals surface area contributed by atoms with Gasteiger partial charge in [0, 0.05) is 4.88 Å². The molecule has 1 fully saturated rings. The maximum Gasteiger partial charge on any atom is 0.0787 e. The van der Waals surface area contributed by atoms with Crippen LogP contribution in [0.15, 0.2) is 11.4 Å². The Bertz CT molecular complexity index is 326. The molecule has 3 unspecified atom stereocenters. The van der Waals surface area contributed by atoms with Gasteiger partial charge in [0.1, 0.15) is 0 Å². The number of hydrogen-bond donors (Lipinski definition) is 2. The Morgan fingerprint density at radius 3 is 2.87 bits per heavy atom. The fraction of sp³-hybridized carbons (Fsp3) is 0.636. The van der Waals surface area contributed by atoms with Crippen LogP contribution < -0.4 is 11.3 Å². The van der Waals surface area contributed by atoms with Gasteiger partial charge in [0.25, 0.3) is 0 Å². The molecule has 3 nitrogen and oxygen atoms in total. The highest BCUT2D eigenvalue weighted by molar-refractivity contribution is 7.10. The summed E-state index contributed by atoms with van der Waals surface area (Å²) < 4.78 is 5.86. The lowest BCUT2D eigenvalue weighted by Gasteiger charge is -2.23. The second-order valence-electron chi connectivity index (χ2n) is 4.14. The summed E-state index contributed by atoms with van der Waals surface area (Å²) in [4.78, 5) is 1.32. The zero-order valence-electron chi connectivity index (χ0n) is 9.19. The highest BCUT2D eigenvalue weighted by Gasteiger charge is 2.30. The predicted octanol–water partition coefficient (Wildman–Crippen LogP) is 2.13. The van der Waals surface area contributed by atoms with E-state index >= 15 is 0 Å². The number of hydrogen-bond acceptors (Lipinski definition) is 4. The van der Waals surface area contributed by atoms with E-state index in [1.807, 2.05) is 0 Å². The number of ether oxygens (including phenoxy) is 1. The van der Waals surface area contributed by atoms with Crippen LogP contribution in [0.4, 0.5) is 0 Å². The second-order valence-corrected chi connectivity index (χ2v) is 5.26. The molecule has 1 aromatic heterocycles. The van der Waals surface area contributed by atoms with Crippen LogP contribution in [0.3, 0.4) is 0 Å². The van der Waals surface area contributed by atoms with E-state index in [-0.39, 0.29) is 12.1 Å². The number of nitrogens with two attached hydrogens (primary N) is 1. The molecule has 0 aromatic carbocycles. The highest BCUT2D eigenvalue weighted by Crippen LogP contribution is 2.32. The van der Waals surface area contributed by atoms with Crippen molar-refractivity contribution >= 4 is 11.3 Å². The lowest BCUT2D eigenvalue weighted by Crippen LogP contribution is -2.36. The van der Waals surface area contributed by atoms with Gasteiger partial charge in [-0.15, -0.1) is 11.3 Å². The summed E-state index contributed by atoms with van der Waals surface area (Å²) in [5.41, 5.74) is 4.17. The fourth-order valence-electron chi connectivity index (χ4n) is 2.19. The SMILES string of the molecule is Cc1sccc1C(NN)C1CCC(C)O1. The molecule has 1 aliphatic heterocycles. The van der Waals surface area contributed by atoms with Gasteiger partial charge in [0.05, 0.1) is 18.2 Å². The third kappa shape index (κ3) is 2.23. The Labute approximate surface area is 94.6 Å². The van der Waals surface area contributed by atoms with E-state index in [2.05, 4.69) is 30.7 Å². The van der Waals surface area contributed by atoms with Gasteiger partial charge in [0.2, 0.25) is 0 Å². The van der Waals surface area contributed by atoms with Gasteiger partial charge in [0.15, 0.2) is 0 Å². The second kappa shape index (κ2) is 4.61. The molecule has 0 saturated carbocycles. The quantitative estimate of drug-likeness (QED) is 0.613. The van der Waals surface area contributed by atoms with E-state index in [9.17, 15) is 0 Å². The fourth-order valence-corrected chi connectivity index (χ4v) is 2.94. The van der Waals surface area contributed by atoms with Crippen molar-refractivity contribution in [2.75, 3.05) is 0 Å². The van der Waals surface area contributed by atoms with Crippen molar-refractivity contribution in [1.82, 2.24) is 5.43 Å². The van der Waals surface area contributed by atoms with Crippen molar-refractivity contribution in [2.45, 2.75) is 44.9 Å². The van der Waals surface area contributed by atoms with Gasteiger partial charge in [-0.25, -0.2) is 0 Å². The molecule has 0 aliphatic carbocycles. The van der Waals surface area contributed by atoms with Crippen molar-refractivity contribution < 1.29 is 4.74 Å².